The number of hydrogen-bond donors (Lipinski definition) is 0. The molecule has 0 unspecified atom stereocenters. The third-order valence-electron chi connectivity index (χ3n) is 3.92. The van der Waals surface area contributed by atoms with Gasteiger partial charge in [0.15, 0.2) is 0 Å². The first-order valence-corrected chi connectivity index (χ1v) is 18.6. The van der Waals surface area contributed by atoms with E-state index in [2.05, 4.69) is 0 Å². The highest BCUT2D eigenvalue weighted by atomic mass is 35.5. The predicted octanol–water partition coefficient (Wildman–Crippen LogP) is 6.30. The lowest BCUT2D eigenvalue weighted by Crippen LogP contribution is -2.13. The van der Waals surface area contributed by atoms with Gasteiger partial charge in [-0.3, -0.25) is 0 Å². The summed E-state index contributed by atoms with van der Waals surface area (Å²) in [6.45, 7) is 0. The van der Waals surface area contributed by atoms with Gasteiger partial charge in [0.25, 0.3) is 0 Å². The van der Waals surface area contributed by atoms with E-state index in [0.717, 1.165) is 0 Å². The van der Waals surface area contributed by atoms with Gasteiger partial charge in [0.2, 0.25) is 26.6 Å². The molecule has 0 atom stereocenters. The van der Waals surface area contributed by atoms with E-state index >= 15 is 0 Å². The molecule has 0 N–H and O–H groups in total. The van der Waals surface area contributed by atoms with Crippen LogP contribution in [-0.4, -0.2) is 29.8 Å². The first-order valence-electron chi connectivity index (χ1n) is 8.85. The second-order valence-corrected chi connectivity index (χ2v) is 20.3. The Balaban J connectivity index is 1.97. The maximum atomic E-state index is 13.0. The first-order chi connectivity index (χ1) is 15.8. The van der Waals surface area contributed by atoms with Crippen LogP contribution in [0.2, 0.25) is 15.1 Å². The van der Waals surface area contributed by atoms with Crippen LogP contribution in [0.1, 0.15) is 0 Å². The molecule has 0 aliphatic heterocycles. The van der Waals surface area contributed by atoms with Crippen molar-refractivity contribution in [3.63, 3.8) is 0 Å². The quantitative estimate of drug-likeness (QED) is 0.198. The molecule has 3 aromatic rings. The van der Waals surface area contributed by atoms with Gasteiger partial charge >= 0.3 is 4.55 Å². The zero-order valence-electron chi connectivity index (χ0n) is 16.5. The van der Waals surface area contributed by atoms with Crippen molar-refractivity contribution in [2.45, 2.75) is 14.7 Å². The number of rotatable bonds is 9. The molecular formula is C18H12BCl3O6S6. The lowest BCUT2D eigenvalue weighted by molar-refractivity contribution is 0.609. The average Bonchev–Trinajstić information content (AvgIpc) is 2.73. The SMILES string of the molecule is O=S(=O)(SB(SS(=O)(=O)c1ccc(Cl)cc1)SS(=O)(=O)c1ccc(Cl)cc1)c1ccc(Cl)cc1. The van der Waals surface area contributed by atoms with Crippen LogP contribution in [0.15, 0.2) is 87.5 Å². The highest BCUT2D eigenvalue weighted by Crippen LogP contribution is 2.44. The van der Waals surface area contributed by atoms with Gasteiger partial charge in [0.1, 0.15) is 0 Å². The van der Waals surface area contributed by atoms with E-state index in [1.165, 1.54) is 72.8 Å². The fourth-order valence-corrected chi connectivity index (χ4v) is 18.4. The summed E-state index contributed by atoms with van der Waals surface area (Å²) in [7, 11) is -11.9. The van der Waals surface area contributed by atoms with Crippen molar-refractivity contribution in [2.24, 2.45) is 0 Å². The molecule has 0 spiro atoms. The van der Waals surface area contributed by atoms with E-state index in [4.69, 9.17) is 34.8 Å². The van der Waals surface area contributed by atoms with Gasteiger partial charge in [-0.25, -0.2) is 25.3 Å². The van der Waals surface area contributed by atoms with Crippen LogP contribution in [0.25, 0.3) is 0 Å². The maximum absolute atomic E-state index is 13.0. The summed E-state index contributed by atoms with van der Waals surface area (Å²) in [6.07, 6.45) is 0. The van der Waals surface area contributed by atoms with Crippen LogP contribution in [-0.2, 0) is 26.6 Å². The van der Waals surface area contributed by atoms with Crippen molar-refractivity contribution in [1.82, 2.24) is 0 Å². The number of halogens is 3. The minimum Gasteiger partial charge on any atom is -0.213 e. The molecule has 16 heteroatoms. The lowest BCUT2D eigenvalue weighted by Gasteiger charge is -2.13. The molecule has 0 saturated heterocycles. The fraction of sp³-hybridized carbons (Fsp3) is 0. The van der Waals surface area contributed by atoms with Gasteiger partial charge in [-0.2, -0.15) is 0 Å². The number of hydrogen-bond acceptors (Lipinski definition) is 9. The van der Waals surface area contributed by atoms with Crippen LogP contribution in [0.4, 0.5) is 0 Å². The molecule has 6 nitrogen and oxygen atoms in total. The van der Waals surface area contributed by atoms with Crippen molar-refractivity contribution in [2.75, 3.05) is 0 Å². The molecular weight excluding hydrogens is 622 g/mol. The second kappa shape index (κ2) is 11.3. The molecule has 0 radical (unpaired) electrons. The zero-order valence-corrected chi connectivity index (χ0v) is 23.7. The summed E-state index contributed by atoms with van der Waals surface area (Å²) >= 11 is 17.4. The standard InChI is InChI=1S/C18H12BCl3O6S6/c20-13-1-7-16(8-2-13)32(23,24)29-19(30-33(25,26)17-9-3-14(21)4-10-17)31-34(27,28)18-11-5-15(22)6-12-18/h1-12H. The third-order valence-corrected chi connectivity index (χ3v) is 18.1. The Morgan fingerprint density at radius 1 is 0.441 bits per heavy atom. The molecule has 0 bridgehead atoms. The summed E-state index contributed by atoms with van der Waals surface area (Å²) in [5.74, 6) is 0. The average molecular weight is 634 g/mol. The van der Waals surface area contributed by atoms with E-state index in [0.29, 0.717) is 15.1 Å². The molecule has 3 aromatic carbocycles. The molecule has 180 valence electrons. The highest BCUT2D eigenvalue weighted by Gasteiger charge is 2.37. The van der Waals surface area contributed by atoms with E-state index in [1.54, 1.807) is 0 Å². The number of benzene rings is 3. The fourth-order valence-electron chi connectivity index (χ4n) is 2.33. The van der Waals surface area contributed by atoms with Gasteiger partial charge in [-0.15, -0.1) is 0 Å². The molecule has 3 rings (SSSR count). The molecule has 0 aliphatic carbocycles. The van der Waals surface area contributed by atoms with Crippen LogP contribution >= 0.6 is 66.7 Å². The molecule has 0 fully saturated rings. The van der Waals surface area contributed by atoms with E-state index in [1.807, 2.05) is 0 Å². The second-order valence-electron chi connectivity index (χ2n) is 6.30. The summed E-state index contributed by atoms with van der Waals surface area (Å²) in [5.41, 5.74) is 0. The molecule has 0 saturated carbocycles. The Bertz CT molecular complexity index is 1290. The Morgan fingerprint density at radius 3 is 0.853 bits per heavy atom. The van der Waals surface area contributed by atoms with Crippen molar-refractivity contribution in [1.29, 1.82) is 0 Å². The first kappa shape index (κ1) is 28.1. The largest absolute Gasteiger partial charge is 0.393 e. The van der Waals surface area contributed by atoms with Gasteiger partial charge < -0.3 is 0 Å². The lowest BCUT2D eigenvalue weighted by atomic mass is 10.4. The minimum absolute atomic E-state index is 0.152. The molecule has 0 heterocycles. The normalized spacial score (nSPS) is 12.4. The van der Waals surface area contributed by atoms with E-state index in [9.17, 15) is 25.3 Å². The van der Waals surface area contributed by atoms with Crippen LogP contribution in [0.3, 0.4) is 0 Å². The van der Waals surface area contributed by atoms with Crippen LogP contribution in [0.5, 0.6) is 0 Å². The van der Waals surface area contributed by atoms with Crippen molar-refractivity contribution < 1.29 is 25.3 Å². The Morgan fingerprint density at radius 2 is 0.647 bits per heavy atom. The van der Waals surface area contributed by atoms with Gasteiger partial charge in [0, 0.05) is 15.1 Å². The van der Waals surface area contributed by atoms with Crippen LogP contribution < -0.4 is 0 Å². The third kappa shape index (κ3) is 7.50. The zero-order chi connectivity index (χ0) is 25.1. The summed E-state index contributed by atoms with van der Waals surface area (Å²) in [4.78, 5) is -0.456. The van der Waals surface area contributed by atoms with Gasteiger partial charge in [-0.05, 0) is 105 Å². The Kier molecular flexibility index (Phi) is 9.30. The maximum Gasteiger partial charge on any atom is 0.393 e. The summed E-state index contributed by atoms with van der Waals surface area (Å²) in [6, 6.07) is 15.7. The Hall–Kier alpha value is -0.505. The van der Waals surface area contributed by atoms with E-state index < -0.39 is 31.2 Å². The molecule has 34 heavy (non-hydrogen) atoms. The highest BCUT2D eigenvalue weighted by molar-refractivity contribution is 9.15. The van der Waals surface area contributed by atoms with Crippen LogP contribution in [0, 0.1) is 0 Å². The Labute approximate surface area is 223 Å². The molecule has 0 amide bonds. The van der Waals surface area contributed by atoms with Crippen molar-refractivity contribution >= 4 is 97.9 Å². The van der Waals surface area contributed by atoms with Gasteiger partial charge in [-0.1, -0.05) is 34.8 Å². The van der Waals surface area contributed by atoms with E-state index in [-0.39, 0.29) is 46.6 Å². The topological polar surface area (TPSA) is 102 Å². The monoisotopic (exact) mass is 632 g/mol. The summed E-state index contributed by atoms with van der Waals surface area (Å²) in [5, 5.41) is 0.916. The van der Waals surface area contributed by atoms with Gasteiger partial charge in [0.05, 0.1) is 14.7 Å². The van der Waals surface area contributed by atoms with Crippen molar-refractivity contribution in [3.05, 3.63) is 87.9 Å². The smallest absolute Gasteiger partial charge is 0.213 e. The predicted molar refractivity (Wildman–Crippen MR) is 144 cm³/mol. The molecule has 0 aliphatic rings. The minimum atomic E-state index is -4.15. The summed E-state index contributed by atoms with van der Waals surface area (Å²) < 4.78 is 76.2. The van der Waals surface area contributed by atoms with Crippen molar-refractivity contribution in [3.8, 4) is 0 Å². The molecule has 0 aromatic heterocycles.